The molecule has 4 nitrogen and oxygen atoms in total. The van der Waals surface area contributed by atoms with E-state index in [1.165, 1.54) is 12.2 Å². The first kappa shape index (κ1) is 15.6. The summed E-state index contributed by atoms with van der Waals surface area (Å²) in [5.74, 6) is 1.21. The second kappa shape index (κ2) is 7.24. The smallest absolute Gasteiger partial charge is 0.407 e. The number of carbonyl (C=O) groups excluding carboxylic acids is 1. The van der Waals surface area contributed by atoms with Gasteiger partial charge in [-0.3, -0.25) is 0 Å². The van der Waals surface area contributed by atoms with Gasteiger partial charge >= 0.3 is 6.09 Å². The van der Waals surface area contributed by atoms with E-state index in [2.05, 4.69) is 16.9 Å². The van der Waals surface area contributed by atoms with Gasteiger partial charge in [0, 0.05) is 12.1 Å². The monoisotopic (exact) mass is 274 g/mol. The van der Waals surface area contributed by atoms with Crippen molar-refractivity contribution < 1.29 is 9.53 Å². The van der Waals surface area contributed by atoms with Crippen molar-refractivity contribution in [2.75, 3.05) is 18.6 Å². The number of alkyl carbamates (subject to hydrolysis) is 1. The Morgan fingerprint density at radius 1 is 1.33 bits per heavy atom. The first-order valence-corrected chi connectivity index (χ1v) is 8.02. The highest BCUT2D eigenvalue weighted by Gasteiger charge is 2.30. The van der Waals surface area contributed by atoms with Gasteiger partial charge in [0.05, 0.1) is 0 Å². The second-order valence-electron chi connectivity index (χ2n) is 5.81. The standard InChI is InChI=1S/C13H26N2O2S/c1-13(2,3)17-12(16)15-11-8-10(9-11)14-6-5-7-18-4/h10-11,14H,5-9H2,1-4H3,(H,15,16). The Labute approximate surface area is 115 Å². The summed E-state index contributed by atoms with van der Waals surface area (Å²) in [6.45, 7) is 6.71. The number of ether oxygens (including phenoxy) is 1. The van der Waals surface area contributed by atoms with Crippen LogP contribution in [0.2, 0.25) is 0 Å². The van der Waals surface area contributed by atoms with Gasteiger partial charge < -0.3 is 15.4 Å². The summed E-state index contributed by atoms with van der Waals surface area (Å²) >= 11 is 1.88. The van der Waals surface area contributed by atoms with E-state index >= 15 is 0 Å². The number of rotatable bonds is 6. The lowest BCUT2D eigenvalue weighted by molar-refractivity contribution is 0.0465. The minimum atomic E-state index is -0.413. The Morgan fingerprint density at radius 3 is 2.56 bits per heavy atom. The Hall–Kier alpha value is -0.420. The Morgan fingerprint density at radius 2 is 2.00 bits per heavy atom. The molecule has 0 saturated heterocycles. The normalized spacial score (nSPS) is 23.3. The molecule has 1 aliphatic carbocycles. The minimum Gasteiger partial charge on any atom is -0.444 e. The van der Waals surface area contributed by atoms with Gasteiger partial charge in [0.25, 0.3) is 0 Å². The molecular formula is C13H26N2O2S. The van der Waals surface area contributed by atoms with Crippen LogP contribution in [0.5, 0.6) is 0 Å². The third-order valence-corrected chi connectivity index (χ3v) is 3.51. The SMILES string of the molecule is CSCCCNC1CC(NC(=O)OC(C)(C)C)C1. The van der Waals surface area contributed by atoms with Crippen LogP contribution >= 0.6 is 11.8 Å². The number of thioether (sulfide) groups is 1. The summed E-state index contributed by atoms with van der Waals surface area (Å²) in [5, 5.41) is 6.40. The molecule has 18 heavy (non-hydrogen) atoms. The summed E-state index contributed by atoms with van der Waals surface area (Å²) in [6, 6.07) is 0.838. The summed E-state index contributed by atoms with van der Waals surface area (Å²) in [4.78, 5) is 11.5. The van der Waals surface area contributed by atoms with E-state index < -0.39 is 5.60 Å². The minimum absolute atomic E-state index is 0.276. The number of hydrogen-bond acceptors (Lipinski definition) is 4. The first-order valence-electron chi connectivity index (χ1n) is 6.62. The zero-order chi connectivity index (χ0) is 13.6. The van der Waals surface area contributed by atoms with Gasteiger partial charge in [0.15, 0.2) is 0 Å². The maximum Gasteiger partial charge on any atom is 0.407 e. The van der Waals surface area contributed by atoms with Crippen LogP contribution in [-0.2, 0) is 4.74 Å². The van der Waals surface area contributed by atoms with Gasteiger partial charge in [-0.2, -0.15) is 11.8 Å². The van der Waals surface area contributed by atoms with E-state index in [9.17, 15) is 4.79 Å². The van der Waals surface area contributed by atoms with Crippen LogP contribution in [0.25, 0.3) is 0 Å². The van der Waals surface area contributed by atoms with Crippen LogP contribution in [0.3, 0.4) is 0 Å². The van der Waals surface area contributed by atoms with E-state index in [1.807, 2.05) is 32.5 Å². The molecule has 1 amide bonds. The summed E-state index contributed by atoms with van der Waals surface area (Å²) < 4.78 is 5.22. The van der Waals surface area contributed by atoms with Gasteiger partial charge in [-0.1, -0.05) is 0 Å². The molecule has 0 heterocycles. The second-order valence-corrected chi connectivity index (χ2v) is 6.80. The summed E-state index contributed by atoms with van der Waals surface area (Å²) in [5.41, 5.74) is -0.413. The van der Waals surface area contributed by atoms with Crippen molar-refractivity contribution in [2.45, 2.75) is 57.7 Å². The molecular weight excluding hydrogens is 248 g/mol. The highest BCUT2D eigenvalue weighted by atomic mass is 32.2. The van der Waals surface area contributed by atoms with Crippen LogP contribution in [-0.4, -0.2) is 42.3 Å². The van der Waals surface area contributed by atoms with Crippen molar-refractivity contribution in [3.05, 3.63) is 0 Å². The van der Waals surface area contributed by atoms with Crippen molar-refractivity contribution >= 4 is 17.9 Å². The number of carbonyl (C=O) groups is 1. The molecule has 2 N–H and O–H groups in total. The first-order chi connectivity index (χ1) is 8.40. The Bertz CT molecular complexity index is 260. The third-order valence-electron chi connectivity index (χ3n) is 2.82. The third kappa shape index (κ3) is 6.50. The zero-order valence-electron chi connectivity index (χ0n) is 11.9. The molecule has 0 unspecified atom stereocenters. The van der Waals surface area contributed by atoms with Crippen molar-refractivity contribution in [2.24, 2.45) is 0 Å². The molecule has 0 aromatic heterocycles. The van der Waals surface area contributed by atoms with E-state index in [0.29, 0.717) is 6.04 Å². The quantitative estimate of drug-likeness (QED) is 0.730. The molecule has 1 fully saturated rings. The van der Waals surface area contributed by atoms with Crippen LogP contribution in [0.1, 0.15) is 40.0 Å². The number of hydrogen-bond donors (Lipinski definition) is 2. The fraction of sp³-hybridized carbons (Fsp3) is 0.923. The molecule has 0 spiro atoms. The van der Waals surface area contributed by atoms with E-state index in [4.69, 9.17) is 4.74 Å². The highest BCUT2D eigenvalue weighted by molar-refractivity contribution is 7.98. The molecule has 1 saturated carbocycles. The largest absolute Gasteiger partial charge is 0.444 e. The Kier molecular flexibility index (Phi) is 6.29. The molecule has 0 bridgehead atoms. The average molecular weight is 274 g/mol. The van der Waals surface area contributed by atoms with Gasteiger partial charge in [0.1, 0.15) is 5.60 Å². The van der Waals surface area contributed by atoms with E-state index in [0.717, 1.165) is 19.4 Å². The highest BCUT2D eigenvalue weighted by Crippen LogP contribution is 2.20. The van der Waals surface area contributed by atoms with Crippen LogP contribution in [0, 0.1) is 0 Å². The summed E-state index contributed by atoms with van der Waals surface area (Å²) in [7, 11) is 0. The van der Waals surface area contributed by atoms with Crippen molar-refractivity contribution in [3.63, 3.8) is 0 Å². The van der Waals surface area contributed by atoms with Crippen LogP contribution in [0.4, 0.5) is 4.79 Å². The number of amides is 1. The molecule has 0 aromatic rings. The van der Waals surface area contributed by atoms with E-state index in [1.54, 1.807) is 0 Å². The fourth-order valence-corrected chi connectivity index (χ4v) is 2.33. The molecule has 0 radical (unpaired) electrons. The lowest BCUT2D eigenvalue weighted by Crippen LogP contribution is -2.53. The lowest BCUT2D eigenvalue weighted by Gasteiger charge is -2.36. The molecule has 0 aromatic carbocycles. The van der Waals surface area contributed by atoms with Gasteiger partial charge in [-0.15, -0.1) is 0 Å². The zero-order valence-corrected chi connectivity index (χ0v) is 12.7. The fourth-order valence-electron chi connectivity index (χ4n) is 1.90. The maximum atomic E-state index is 11.5. The predicted octanol–water partition coefficient (Wildman–Crippen LogP) is 2.38. The maximum absolute atomic E-state index is 11.5. The molecule has 1 rings (SSSR count). The van der Waals surface area contributed by atoms with Gasteiger partial charge in [-0.05, 0) is 58.6 Å². The molecule has 106 valence electrons. The predicted molar refractivity (Wildman–Crippen MR) is 77.2 cm³/mol. The van der Waals surface area contributed by atoms with Crippen molar-refractivity contribution in [1.29, 1.82) is 0 Å². The Balaban J connectivity index is 2.03. The van der Waals surface area contributed by atoms with Crippen LogP contribution in [0.15, 0.2) is 0 Å². The van der Waals surface area contributed by atoms with Crippen LogP contribution < -0.4 is 10.6 Å². The molecule has 5 heteroatoms. The van der Waals surface area contributed by atoms with Gasteiger partial charge in [-0.25, -0.2) is 4.79 Å². The number of nitrogens with one attached hydrogen (secondary N) is 2. The van der Waals surface area contributed by atoms with Crippen molar-refractivity contribution in [3.8, 4) is 0 Å². The average Bonchev–Trinajstić information content (AvgIpc) is 2.17. The molecule has 0 aliphatic heterocycles. The topological polar surface area (TPSA) is 50.4 Å². The molecule has 1 aliphatic rings. The van der Waals surface area contributed by atoms with Gasteiger partial charge in [0.2, 0.25) is 0 Å². The van der Waals surface area contributed by atoms with E-state index in [-0.39, 0.29) is 12.1 Å². The van der Waals surface area contributed by atoms with Crippen molar-refractivity contribution in [1.82, 2.24) is 10.6 Å². The molecule has 0 atom stereocenters. The summed E-state index contributed by atoms with van der Waals surface area (Å²) in [6.07, 6.45) is 5.07. The lowest BCUT2D eigenvalue weighted by atomic mass is 9.87.